The summed E-state index contributed by atoms with van der Waals surface area (Å²) < 4.78 is 0. The number of benzene rings is 1. The number of rotatable bonds is 3. The Balaban J connectivity index is 2.84. The molecule has 12 heavy (non-hydrogen) atoms. The molecular formula is C11H15N. The summed E-state index contributed by atoms with van der Waals surface area (Å²) in [4.78, 5) is 0. The van der Waals surface area contributed by atoms with Gasteiger partial charge in [0, 0.05) is 6.04 Å². The van der Waals surface area contributed by atoms with Crippen LogP contribution in [0.3, 0.4) is 0 Å². The highest BCUT2D eigenvalue weighted by atomic mass is 14.6. The van der Waals surface area contributed by atoms with Gasteiger partial charge in [-0.1, -0.05) is 37.3 Å². The maximum atomic E-state index is 5.77. The van der Waals surface area contributed by atoms with E-state index in [1.807, 2.05) is 0 Å². The van der Waals surface area contributed by atoms with Crippen molar-refractivity contribution in [2.24, 2.45) is 5.73 Å². The van der Waals surface area contributed by atoms with Crippen LogP contribution in [0.25, 0.3) is 0 Å². The number of hydrogen-bond donors (Lipinski definition) is 1. The van der Waals surface area contributed by atoms with Crippen molar-refractivity contribution in [2.45, 2.75) is 19.4 Å². The van der Waals surface area contributed by atoms with Crippen molar-refractivity contribution >= 4 is 0 Å². The fraction of sp³-hybridized carbons (Fsp3) is 0.273. The van der Waals surface area contributed by atoms with E-state index in [2.05, 4.69) is 37.8 Å². The normalized spacial score (nSPS) is 12.5. The predicted octanol–water partition coefficient (Wildman–Crippen LogP) is 2.43. The zero-order valence-electron chi connectivity index (χ0n) is 7.46. The van der Waals surface area contributed by atoms with Crippen molar-refractivity contribution in [2.75, 3.05) is 0 Å². The second-order valence-corrected chi connectivity index (χ2v) is 2.86. The van der Waals surface area contributed by atoms with Crippen molar-refractivity contribution in [3.05, 3.63) is 48.0 Å². The molecule has 1 nitrogen and oxygen atoms in total. The summed E-state index contributed by atoms with van der Waals surface area (Å²) in [5.41, 5.74) is 8.24. The van der Waals surface area contributed by atoms with Gasteiger partial charge < -0.3 is 5.73 Å². The first-order valence-corrected chi connectivity index (χ1v) is 4.25. The Morgan fingerprint density at radius 1 is 1.42 bits per heavy atom. The number of hydrogen-bond acceptors (Lipinski definition) is 1. The molecule has 1 rings (SSSR count). The molecule has 0 aliphatic carbocycles. The average Bonchev–Trinajstić information content (AvgIpc) is 2.17. The third kappa shape index (κ3) is 1.95. The second-order valence-electron chi connectivity index (χ2n) is 2.86. The highest BCUT2D eigenvalue weighted by molar-refractivity contribution is 5.26. The first-order chi connectivity index (χ1) is 5.77. The van der Waals surface area contributed by atoms with Crippen LogP contribution in [0.4, 0.5) is 0 Å². The van der Waals surface area contributed by atoms with Gasteiger partial charge in [0.05, 0.1) is 0 Å². The van der Waals surface area contributed by atoms with Gasteiger partial charge in [-0.3, -0.25) is 0 Å². The molecule has 64 valence electrons. The van der Waals surface area contributed by atoms with E-state index in [-0.39, 0.29) is 6.04 Å². The maximum absolute atomic E-state index is 5.77. The van der Waals surface area contributed by atoms with Crippen LogP contribution in [-0.4, -0.2) is 0 Å². The minimum Gasteiger partial charge on any atom is -0.321 e. The van der Waals surface area contributed by atoms with Crippen molar-refractivity contribution < 1.29 is 0 Å². The van der Waals surface area contributed by atoms with Gasteiger partial charge in [-0.25, -0.2) is 0 Å². The van der Waals surface area contributed by atoms with Gasteiger partial charge in [0.25, 0.3) is 0 Å². The maximum Gasteiger partial charge on any atom is 0.0478 e. The van der Waals surface area contributed by atoms with Gasteiger partial charge in [-0.05, 0) is 17.5 Å². The standard InChI is InChI=1S/C11H15N/c1-3-9-5-7-10(8-6-9)11(12)4-2/h4-8,11H,2-3,12H2,1H3. The molecule has 0 bridgehead atoms. The molecule has 0 spiro atoms. The van der Waals surface area contributed by atoms with E-state index in [1.165, 1.54) is 5.56 Å². The minimum absolute atomic E-state index is 0.0316. The lowest BCUT2D eigenvalue weighted by Crippen LogP contribution is -2.05. The Labute approximate surface area is 73.9 Å². The molecule has 1 heteroatoms. The summed E-state index contributed by atoms with van der Waals surface area (Å²) in [6, 6.07) is 8.31. The van der Waals surface area contributed by atoms with Crippen molar-refractivity contribution in [1.29, 1.82) is 0 Å². The van der Waals surface area contributed by atoms with Gasteiger partial charge in [0.1, 0.15) is 0 Å². The van der Waals surface area contributed by atoms with Crippen LogP contribution in [0.15, 0.2) is 36.9 Å². The highest BCUT2D eigenvalue weighted by Gasteiger charge is 1.99. The SMILES string of the molecule is C=CC(N)c1ccc(CC)cc1. The van der Waals surface area contributed by atoms with Crippen molar-refractivity contribution in [1.82, 2.24) is 0 Å². The van der Waals surface area contributed by atoms with E-state index in [4.69, 9.17) is 5.73 Å². The summed E-state index contributed by atoms with van der Waals surface area (Å²) in [7, 11) is 0. The molecule has 0 aliphatic heterocycles. The van der Waals surface area contributed by atoms with Crippen LogP contribution in [0.1, 0.15) is 24.1 Å². The lowest BCUT2D eigenvalue weighted by molar-refractivity contribution is 0.912. The first-order valence-electron chi connectivity index (χ1n) is 4.25. The number of aryl methyl sites for hydroxylation is 1. The number of nitrogens with two attached hydrogens (primary N) is 1. The molecule has 0 amide bonds. The second kappa shape index (κ2) is 4.07. The van der Waals surface area contributed by atoms with E-state index >= 15 is 0 Å². The summed E-state index contributed by atoms with van der Waals surface area (Å²) in [6.07, 6.45) is 2.82. The third-order valence-electron chi connectivity index (χ3n) is 2.03. The summed E-state index contributed by atoms with van der Waals surface area (Å²) in [5.74, 6) is 0. The van der Waals surface area contributed by atoms with Crippen LogP contribution >= 0.6 is 0 Å². The van der Waals surface area contributed by atoms with Gasteiger partial charge >= 0.3 is 0 Å². The molecule has 0 saturated heterocycles. The fourth-order valence-corrected chi connectivity index (χ4v) is 1.11. The van der Waals surface area contributed by atoms with E-state index in [0.717, 1.165) is 12.0 Å². The highest BCUT2D eigenvalue weighted by Crippen LogP contribution is 2.12. The lowest BCUT2D eigenvalue weighted by Gasteiger charge is -2.06. The predicted molar refractivity (Wildman–Crippen MR) is 52.9 cm³/mol. The van der Waals surface area contributed by atoms with Crippen LogP contribution < -0.4 is 5.73 Å². The summed E-state index contributed by atoms with van der Waals surface area (Å²) in [5, 5.41) is 0. The van der Waals surface area contributed by atoms with E-state index in [1.54, 1.807) is 6.08 Å². The molecule has 1 atom stereocenters. The van der Waals surface area contributed by atoms with Crippen LogP contribution in [0.2, 0.25) is 0 Å². The third-order valence-corrected chi connectivity index (χ3v) is 2.03. The molecule has 0 aliphatic rings. The quantitative estimate of drug-likeness (QED) is 0.677. The lowest BCUT2D eigenvalue weighted by atomic mass is 10.0. The molecule has 1 aromatic rings. The van der Waals surface area contributed by atoms with Crippen molar-refractivity contribution in [3.63, 3.8) is 0 Å². The Morgan fingerprint density at radius 3 is 2.42 bits per heavy atom. The Morgan fingerprint density at radius 2 is 2.00 bits per heavy atom. The van der Waals surface area contributed by atoms with E-state index in [0.29, 0.717) is 0 Å². The average molecular weight is 161 g/mol. The summed E-state index contributed by atoms with van der Waals surface area (Å²) in [6.45, 7) is 5.80. The monoisotopic (exact) mass is 161 g/mol. The molecule has 0 aromatic heterocycles. The minimum atomic E-state index is -0.0316. The van der Waals surface area contributed by atoms with Crippen LogP contribution in [0.5, 0.6) is 0 Å². The summed E-state index contributed by atoms with van der Waals surface area (Å²) >= 11 is 0. The van der Waals surface area contributed by atoms with Crippen molar-refractivity contribution in [3.8, 4) is 0 Å². The molecule has 0 saturated carbocycles. The molecule has 0 radical (unpaired) electrons. The van der Waals surface area contributed by atoms with E-state index in [9.17, 15) is 0 Å². The first kappa shape index (κ1) is 9.01. The largest absolute Gasteiger partial charge is 0.321 e. The molecular weight excluding hydrogens is 146 g/mol. The Hall–Kier alpha value is -1.08. The molecule has 0 heterocycles. The fourth-order valence-electron chi connectivity index (χ4n) is 1.11. The molecule has 2 N–H and O–H groups in total. The van der Waals surface area contributed by atoms with Gasteiger partial charge in [0.2, 0.25) is 0 Å². The Bertz CT molecular complexity index is 248. The molecule has 1 unspecified atom stereocenters. The van der Waals surface area contributed by atoms with Gasteiger partial charge in [-0.2, -0.15) is 0 Å². The van der Waals surface area contributed by atoms with Crippen LogP contribution in [0, 0.1) is 0 Å². The zero-order chi connectivity index (χ0) is 8.97. The zero-order valence-corrected chi connectivity index (χ0v) is 7.46. The van der Waals surface area contributed by atoms with Crippen LogP contribution in [-0.2, 0) is 6.42 Å². The van der Waals surface area contributed by atoms with Gasteiger partial charge in [0.15, 0.2) is 0 Å². The van der Waals surface area contributed by atoms with Gasteiger partial charge in [-0.15, -0.1) is 6.58 Å². The van der Waals surface area contributed by atoms with E-state index < -0.39 is 0 Å². The molecule has 1 aromatic carbocycles. The molecule has 0 fully saturated rings. The smallest absolute Gasteiger partial charge is 0.0478 e. The Kier molecular flexibility index (Phi) is 3.06. The topological polar surface area (TPSA) is 26.0 Å².